The van der Waals surface area contributed by atoms with Crippen LogP contribution in [0.4, 0.5) is 0 Å². The third-order valence-electron chi connectivity index (χ3n) is 3.45. The minimum absolute atomic E-state index is 0.221. The Bertz CT molecular complexity index is 589. The van der Waals surface area contributed by atoms with Gasteiger partial charge in [-0.25, -0.2) is 0 Å². The van der Waals surface area contributed by atoms with Gasteiger partial charge in [-0.3, -0.25) is 9.79 Å². The zero-order valence-corrected chi connectivity index (χ0v) is 10.5. The molecule has 1 aromatic carbocycles. The average molecular weight is 253 g/mol. The summed E-state index contributed by atoms with van der Waals surface area (Å²) in [6.07, 6.45) is 8.06. The maximum atomic E-state index is 11.4. The number of fused-ring (bicyclic) bond motifs is 1. The third kappa shape index (κ3) is 2.05. The Balaban J connectivity index is 2.05. The van der Waals surface area contributed by atoms with Crippen molar-refractivity contribution in [3.05, 3.63) is 60.3 Å². The topological polar surface area (TPSA) is 58.7 Å². The molecule has 0 radical (unpaired) electrons. The Morgan fingerprint density at radius 2 is 2.11 bits per heavy atom. The van der Waals surface area contributed by atoms with E-state index in [1.165, 1.54) is 0 Å². The number of nitrogens with zero attached hydrogens (tertiary/aromatic N) is 2. The first kappa shape index (κ1) is 11.7. The summed E-state index contributed by atoms with van der Waals surface area (Å²) in [6, 6.07) is 9.87. The van der Waals surface area contributed by atoms with Gasteiger partial charge in [0.2, 0.25) is 5.91 Å². The van der Waals surface area contributed by atoms with Gasteiger partial charge in [-0.2, -0.15) is 0 Å². The van der Waals surface area contributed by atoms with Crippen molar-refractivity contribution in [2.45, 2.75) is 12.0 Å². The minimum atomic E-state index is -0.568. The number of primary amides is 1. The number of hydrogen-bond acceptors (Lipinski definition) is 3. The number of nitrogens with two attached hydrogens (primary N) is 1. The molecule has 1 amide bonds. The normalized spacial score (nSPS) is 24.2. The highest BCUT2D eigenvalue weighted by Gasteiger charge is 2.41. The highest BCUT2D eigenvalue weighted by molar-refractivity contribution is 5.97. The van der Waals surface area contributed by atoms with Crippen LogP contribution in [0.5, 0.6) is 0 Å². The molecule has 0 saturated carbocycles. The summed E-state index contributed by atoms with van der Waals surface area (Å²) in [5.74, 6) is 0.550. The maximum absolute atomic E-state index is 11.4. The van der Waals surface area contributed by atoms with Crippen LogP contribution in [-0.2, 0) is 10.3 Å². The molecule has 19 heavy (non-hydrogen) atoms. The number of carbonyl (C=O) groups excluding carboxylic acids is 1. The van der Waals surface area contributed by atoms with Crippen molar-refractivity contribution in [2.75, 3.05) is 6.54 Å². The molecule has 1 unspecified atom stereocenters. The van der Waals surface area contributed by atoms with Crippen LogP contribution in [-0.4, -0.2) is 23.2 Å². The van der Waals surface area contributed by atoms with Crippen LogP contribution in [0.3, 0.4) is 0 Å². The van der Waals surface area contributed by atoms with Gasteiger partial charge in [-0.1, -0.05) is 36.4 Å². The number of allylic oxidation sites excluding steroid dienone is 2. The molecule has 0 spiro atoms. The summed E-state index contributed by atoms with van der Waals surface area (Å²) >= 11 is 0. The van der Waals surface area contributed by atoms with Crippen LogP contribution in [0.25, 0.3) is 0 Å². The predicted octanol–water partition coefficient (Wildman–Crippen LogP) is 1.55. The van der Waals surface area contributed by atoms with E-state index in [0.29, 0.717) is 6.54 Å². The molecule has 2 heterocycles. The highest BCUT2D eigenvalue weighted by Crippen LogP contribution is 2.36. The van der Waals surface area contributed by atoms with Crippen molar-refractivity contribution >= 4 is 11.7 Å². The van der Waals surface area contributed by atoms with Crippen molar-refractivity contribution in [1.29, 1.82) is 0 Å². The molecule has 3 rings (SSSR count). The molecule has 2 aliphatic heterocycles. The zero-order valence-electron chi connectivity index (χ0n) is 10.5. The van der Waals surface area contributed by atoms with E-state index in [2.05, 4.69) is 4.90 Å². The predicted molar refractivity (Wildman–Crippen MR) is 74.4 cm³/mol. The van der Waals surface area contributed by atoms with E-state index >= 15 is 0 Å². The average Bonchev–Trinajstić information content (AvgIpc) is 2.78. The molecule has 1 atom stereocenters. The second kappa shape index (κ2) is 4.39. The van der Waals surface area contributed by atoms with Crippen LogP contribution >= 0.6 is 0 Å². The Kier molecular flexibility index (Phi) is 2.71. The molecule has 2 aliphatic rings. The summed E-state index contributed by atoms with van der Waals surface area (Å²) in [4.78, 5) is 18.2. The van der Waals surface area contributed by atoms with Crippen LogP contribution in [0.15, 0.2) is 59.8 Å². The SMILES string of the molecule is NC(=O)CC1(c2ccccc2)CN2C=CC=CC2=N1. The van der Waals surface area contributed by atoms with E-state index in [-0.39, 0.29) is 12.3 Å². The summed E-state index contributed by atoms with van der Waals surface area (Å²) in [6.45, 7) is 0.649. The fourth-order valence-corrected chi connectivity index (χ4v) is 2.63. The van der Waals surface area contributed by atoms with Crippen molar-refractivity contribution < 1.29 is 4.79 Å². The molecule has 2 N–H and O–H groups in total. The van der Waals surface area contributed by atoms with Gasteiger partial charge in [-0.05, 0) is 17.7 Å². The number of hydrogen-bond donors (Lipinski definition) is 1. The van der Waals surface area contributed by atoms with E-state index in [1.54, 1.807) is 0 Å². The third-order valence-corrected chi connectivity index (χ3v) is 3.45. The lowest BCUT2D eigenvalue weighted by atomic mass is 9.87. The van der Waals surface area contributed by atoms with Crippen molar-refractivity contribution in [3.8, 4) is 0 Å². The first-order valence-corrected chi connectivity index (χ1v) is 6.25. The second-order valence-electron chi connectivity index (χ2n) is 4.84. The molecular weight excluding hydrogens is 238 g/mol. The lowest BCUT2D eigenvalue weighted by molar-refractivity contribution is -0.119. The molecule has 0 saturated heterocycles. The lowest BCUT2D eigenvalue weighted by Gasteiger charge is -2.26. The fraction of sp³-hybridized carbons (Fsp3) is 0.200. The molecule has 0 aliphatic carbocycles. The molecular formula is C15H15N3O. The Labute approximate surface area is 111 Å². The standard InChI is InChI=1S/C15H15N3O/c16-13(19)10-15(12-6-2-1-3-7-12)11-18-9-5-4-8-14(18)17-15/h1-9H,10-11H2,(H2,16,19). The van der Waals surface area contributed by atoms with E-state index in [0.717, 1.165) is 11.4 Å². The van der Waals surface area contributed by atoms with Crippen molar-refractivity contribution in [1.82, 2.24) is 4.90 Å². The van der Waals surface area contributed by atoms with Crippen LogP contribution in [0.2, 0.25) is 0 Å². The number of benzene rings is 1. The van der Waals surface area contributed by atoms with Crippen LogP contribution in [0, 0.1) is 0 Å². The molecule has 96 valence electrons. The van der Waals surface area contributed by atoms with Crippen LogP contribution in [0.1, 0.15) is 12.0 Å². The van der Waals surface area contributed by atoms with E-state index in [9.17, 15) is 4.79 Å². The molecule has 0 aromatic heterocycles. The summed E-state index contributed by atoms with van der Waals surface area (Å²) in [7, 11) is 0. The molecule has 4 heteroatoms. The Morgan fingerprint density at radius 1 is 1.32 bits per heavy atom. The monoisotopic (exact) mass is 253 g/mol. The quantitative estimate of drug-likeness (QED) is 0.888. The van der Waals surface area contributed by atoms with Crippen molar-refractivity contribution in [2.24, 2.45) is 10.7 Å². The van der Waals surface area contributed by atoms with E-state index < -0.39 is 5.54 Å². The summed E-state index contributed by atoms with van der Waals surface area (Å²) in [5.41, 5.74) is 5.88. The highest BCUT2D eigenvalue weighted by atomic mass is 16.1. The van der Waals surface area contributed by atoms with Gasteiger partial charge in [0.15, 0.2) is 0 Å². The number of carbonyl (C=O) groups is 1. The van der Waals surface area contributed by atoms with Crippen molar-refractivity contribution in [3.63, 3.8) is 0 Å². The largest absolute Gasteiger partial charge is 0.370 e. The lowest BCUT2D eigenvalue weighted by Crippen LogP contribution is -2.35. The van der Waals surface area contributed by atoms with Gasteiger partial charge >= 0.3 is 0 Å². The molecule has 1 aromatic rings. The number of rotatable bonds is 3. The molecule has 0 fully saturated rings. The first-order chi connectivity index (χ1) is 9.20. The van der Waals surface area contributed by atoms with Gasteiger partial charge in [0, 0.05) is 6.20 Å². The molecule has 0 bridgehead atoms. The Morgan fingerprint density at radius 3 is 2.79 bits per heavy atom. The number of aliphatic imine (C=N–C) groups is 1. The minimum Gasteiger partial charge on any atom is -0.370 e. The fourth-order valence-electron chi connectivity index (χ4n) is 2.63. The van der Waals surface area contributed by atoms with Gasteiger partial charge in [-0.15, -0.1) is 0 Å². The number of amides is 1. The van der Waals surface area contributed by atoms with Gasteiger partial charge < -0.3 is 10.6 Å². The summed E-state index contributed by atoms with van der Waals surface area (Å²) < 4.78 is 0. The van der Waals surface area contributed by atoms with E-state index in [1.807, 2.05) is 54.8 Å². The van der Waals surface area contributed by atoms with Gasteiger partial charge in [0.05, 0.1) is 13.0 Å². The van der Waals surface area contributed by atoms with Crippen LogP contribution < -0.4 is 5.73 Å². The van der Waals surface area contributed by atoms with Gasteiger partial charge in [0.25, 0.3) is 0 Å². The molecule has 4 nitrogen and oxygen atoms in total. The van der Waals surface area contributed by atoms with E-state index in [4.69, 9.17) is 10.7 Å². The first-order valence-electron chi connectivity index (χ1n) is 6.25. The Hall–Kier alpha value is -2.36. The maximum Gasteiger partial charge on any atom is 0.220 e. The zero-order chi connectivity index (χ0) is 13.3. The summed E-state index contributed by atoms with van der Waals surface area (Å²) in [5, 5.41) is 0. The second-order valence-corrected chi connectivity index (χ2v) is 4.84. The number of amidine groups is 1. The van der Waals surface area contributed by atoms with Gasteiger partial charge in [0.1, 0.15) is 11.4 Å². The smallest absolute Gasteiger partial charge is 0.220 e.